The van der Waals surface area contributed by atoms with Gasteiger partial charge in [0, 0.05) is 25.5 Å². The van der Waals surface area contributed by atoms with E-state index in [1.165, 1.54) is 6.33 Å². The van der Waals surface area contributed by atoms with Gasteiger partial charge in [0.2, 0.25) is 0 Å². The standard InChI is InChI=1S/C14H15N8.Rb/c1-2-12(21-6-3-15-4-7-21)17-9-11(1)20-13-14-18-10-19-22(14)8-5-16-13;/h1-2,5,8-10H,3-4,6-7H2,(H,16,20);/q-1;+1. The molecule has 3 aromatic heterocycles. The van der Waals surface area contributed by atoms with Crippen molar-refractivity contribution in [2.24, 2.45) is 0 Å². The molecule has 8 nitrogen and oxygen atoms in total. The van der Waals surface area contributed by atoms with E-state index in [-0.39, 0.29) is 58.2 Å². The van der Waals surface area contributed by atoms with Crippen molar-refractivity contribution in [3.63, 3.8) is 0 Å². The number of rotatable bonds is 3. The molecule has 0 amide bonds. The summed E-state index contributed by atoms with van der Waals surface area (Å²) in [7, 11) is 0. The molecule has 0 aromatic carbocycles. The summed E-state index contributed by atoms with van der Waals surface area (Å²) in [6, 6.07) is 4.01. The molecule has 1 fully saturated rings. The van der Waals surface area contributed by atoms with Crippen molar-refractivity contribution in [1.29, 1.82) is 0 Å². The molecule has 4 rings (SSSR count). The van der Waals surface area contributed by atoms with Crippen molar-refractivity contribution in [2.75, 3.05) is 36.4 Å². The molecule has 9 heteroatoms. The van der Waals surface area contributed by atoms with Crippen LogP contribution in [0.1, 0.15) is 0 Å². The Labute approximate surface area is 182 Å². The van der Waals surface area contributed by atoms with Crippen LogP contribution < -0.4 is 68.4 Å². The molecule has 0 aliphatic carbocycles. The molecule has 0 spiro atoms. The zero-order chi connectivity index (χ0) is 14.8. The van der Waals surface area contributed by atoms with Crippen LogP contribution in [0.25, 0.3) is 11.0 Å². The van der Waals surface area contributed by atoms with Gasteiger partial charge in [-0.3, -0.25) is 0 Å². The number of pyridine rings is 1. The Morgan fingerprint density at radius 1 is 1.09 bits per heavy atom. The van der Waals surface area contributed by atoms with Crippen LogP contribution in [0, 0.1) is 0 Å². The fourth-order valence-electron chi connectivity index (χ4n) is 2.46. The van der Waals surface area contributed by atoms with E-state index in [1.54, 1.807) is 16.9 Å². The molecule has 1 aliphatic rings. The second-order valence-corrected chi connectivity index (χ2v) is 4.99. The summed E-state index contributed by atoms with van der Waals surface area (Å²) in [6.45, 7) is 3.61. The second-order valence-electron chi connectivity index (χ2n) is 4.99. The van der Waals surface area contributed by atoms with Crippen LogP contribution in [-0.4, -0.2) is 50.7 Å². The van der Waals surface area contributed by atoms with Crippen molar-refractivity contribution in [2.45, 2.75) is 0 Å². The Bertz CT molecular complexity index is 766. The minimum absolute atomic E-state index is 0. The van der Waals surface area contributed by atoms with Crippen molar-refractivity contribution < 1.29 is 58.2 Å². The largest absolute Gasteiger partial charge is 1.00 e. The summed E-state index contributed by atoms with van der Waals surface area (Å²) in [4.78, 5) is 15.3. The number of piperazine rings is 1. The van der Waals surface area contributed by atoms with E-state index in [1.807, 2.05) is 18.3 Å². The molecule has 0 saturated carbocycles. The van der Waals surface area contributed by atoms with E-state index in [4.69, 9.17) is 0 Å². The summed E-state index contributed by atoms with van der Waals surface area (Å²) < 4.78 is 1.67. The molecule has 1 N–H and O–H groups in total. The van der Waals surface area contributed by atoms with Crippen LogP contribution in [0.5, 0.6) is 0 Å². The zero-order valence-corrected chi connectivity index (χ0v) is 17.8. The Morgan fingerprint density at radius 2 is 1.96 bits per heavy atom. The van der Waals surface area contributed by atoms with Crippen LogP contribution in [0.15, 0.2) is 37.1 Å². The maximum atomic E-state index is 4.52. The molecule has 4 heterocycles. The third-order valence-corrected chi connectivity index (χ3v) is 3.59. The van der Waals surface area contributed by atoms with Gasteiger partial charge in [-0.25, -0.2) is 19.5 Å². The average Bonchev–Trinajstić information content (AvgIpc) is 3.06. The van der Waals surface area contributed by atoms with E-state index >= 15 is 0 Å². The van der Waals surface area contributed by atoms with Crippen molar-refractivity contribution in [3.8, 4) is 0 Å². The monoisotopic (exact) mass is 380 g/mol. The number of nitrogens with zero attached hydrogens (tertiary/aromatic N) is 7. The predicted molar refractivity (Wildman–Crippen MR) is 83.6 cm³/mol. The smallest absolute Gasteiger partial charge is 0.659 e. The number of fused-ring (bicyclic) bond motifs is 1. The summed E-state index contributed by atoms with van der Waals surface area (Å²) >= 11 is 0. The van der Waals surface area contributed by atoms with Gasteiger partial charge in [0.1, 0.15) is 12.1 Å². The molecule has 0 atom stereocenters. The number of nitrogens with one attached hydrogen (secondary N) is 1. The Kier molecular flexibility index (Phi) is 5.70. The fourth-order valence-corrected chi connectivity index (χ4v) is 2.46. The molecule has 1 aliphatic heterocycles. The molecular formula is C14H15N8Rb. The zero-order valence-electron chi connectivity index (χ0n) is 12.9. The van der Waals surface area contributed by atoms with E-state index in [0.717, 1.165) is 37.7 Å². The van der Waals surface area contributed by atoms with Gasteiger partial charge in [-0.2, -0.15) is 5.10 Å². The maximum Gasteiger partial charge on any atom is 1.00 e. The van der Waals surface area contributed by atoms with Gasteiger partial charge in [-0.05, 0) is 12.1 Å². The number of hydrogen-bond donors (Lipinski definition) is 1. The molecular weight excluding hydrogens is 366 g/mol. The van der Waals surface area contributed by atoms with Gasteiger partial charge in [-0.15, -0.1) is 13.1 Å². The number of aromatic nitrogens is 5. The summed E-state index contributed by atoms with van der Waals surface area (Å²) in [5.41, 5.74) is 1.55. The predicted octanol–water partition coefficient (Wildman–Crippen LogP) is -1.54. The van der Waals surface area contributed by atoms with Crippen LogP contribution in [-0.2, 0) is 0 Å². The van der Waals surface area contributed by atoms with Gasteiger partial charge < -0.3 is 15.5 Å². The van der Waals surface area contributed by atoms with Crippen molar-refractivity contribution in [3.05, 3.63) is 42.4 Å². The number of hydrogen-bond acceptors (Lipinski definition) is 6. The molecule has 0 unspecified atom stereocenters. The minimum atomic E-state index is 0. The van der Waals surface area contributed by atoms with Gasteiger partial charge in [0.05, 0.1) is 11.9 Å². The number of anilines is 3. The molecule has 0 bridgehead atoms. The van der Waals surface area contributed by atoms with Gasteiger partial charge in [0.15, 0.2) is 11.5 Å². The quantitative estimate of drug-likeness (QED) is 0.593. The van der Waals surface area contributed by atoms with Crippen LogP contribution in [0.2, 0.25) is 0 Å². The Hall–Kier alpha value is -0.935. The minimum Gasteiger partial charge on any atom is -0.659 e. The molecule has 112 valence electrons. The summed E-state index contributed by atoms with van der Waals surface area (Å²) in [6.07, 6.45) is 6.76. The van der Waals surface area contributed by atoms with Crippen molar-refractivity contribution >= 4 is 23.0 Å². The fraction of sp³-hybridized carbons (Fsp3) is 0.286. The SMILES string of the molecule is [Rb+].c1cn2ncnc2c(Nc2ccc(N3CC[N-]CC3)nc2)n1. The first-order valence-corrected chi connectivity index (χ1v) is 7.16. The molecule has 3 aromatic rings. The van der Waals surface area contributed by atoms with Crippen LogP contribution in [0.4, 0.5) is 17.3 Å². The van der Waals surface area contributed by atoms with E-state index in [0.29, 0.717) is 11.5 Å². The van der Waals surface area contributed by atoms with Crippen LogP contribution in [0.3, 0.4) is 0 Å². The molecule has 1 saturated heterocycles. The summed E-state index contributed by atoms with van der Waals surface area (Å²) in [5, 5.41) is 11.7. The average molecular weight is 381 g/mol. The normalized spacial score (nSPS) is 14.5. The first-order chi connectivity index (χ1) is 10.9. The van der Waals surface area contributed by atoms with Gasteiger partial charge >= 0.3 is 58.2 Å². The third kappa shape index (κ3) is 3.77. The maximum absolute atomic E-state index is 4.52. The molecule has 23 heavy (non-hydrogen) atoms. The van der Waals surface area contributed by atoms with E-state index < -0.39 is 0 Å². The first kappa shape index (κ1) is 16.9. The third-order valence-electron chi connectivity index (χ3n) is 3.59. The Morgan fingerprint density at radius 3 is 2.74 bits per heavy atom. The molecule has 0 radical (unpaired) electrons. The van der Waals surface area contributed by atoms with E-state index in [2.05, 4.69) is 35.6 Å². The Balaban J connectivity index is 0.00000156. The van der Waals surface area contributed by atoms with Crippen LogP contribution >= 0.6 is 0 Å². The summed E-state index contributed by atoms with van der Waals surface area (Å²) in [5.74, 6) is 1.64. The first-order valence-electron chi connectivity index (χ1n) is 7.16. The second kappa shape index (κ2) is 7.76. The topological polar surface area (TPSA) is 85.3 Å². The van der Waals surface area contributed by atoms with Crippen molar-refractivity contribution in [1.82, 2.24) is 24.6 Å². The van der Waals surface area contributed by atoms with E-state index in [9.17, 15) is 0 Å². The van der Waals surface area contributed by atoms with Gasteiger partial charge in [-0.1, -0.05) is 0 Å². The van der Waals surface area contributed by atoms with Gasteiger partial charge in [0.25, 0.3) is 0 Å².